The highest BCUT2D eigenvalue weighted by atomic mass is 16.5. The van der Waals surface area contributed by atoms with E-state index in [2.05, 4.69) is 37.6 Å². The molecule has 5 aromatic rings. The van der Waals surface area contributed by atoms with Crippen molar-refractivity contribution in [1.82, 2.24) is 29.8 Å². The first kappa shape index (κ1) is 32.8. The predicted octanol–water partition coefficient (Wildman–Crippen LogP) is 5.81. The summed E-state index contributed by atoms with van der Waals surface area (Å²) in [5.41, 5.74) is 4.73. The quantitative estimate of drug-likeness (QED) is 0.112. The number of nitrogens with zero attached hydrogens (tertiary/aromatic N) is 6. The highest BCUT2D eigenvalue weighted by molar-refractivity contribution is 5.92. The molecule has 6 rings (SSSR count). The second-order valence-corrected chi connectivity index (χ2v) is 12.1. The number of carboxylic acids is 1. The Morgan fingerprint density at radius 2 is 1.90 bits per heavy atom. The van der Waals surface area contributed by atoms with Crippen LogP contribution in [-0.2, 0) is 17.6 Å². The summed E-state index contributed by atoms with van der Waals surface area (Å²) in [4.78, 5) is 37.7. The molecule has 1 aliphatic rings. The first-order valence-electron chi connectivity index (χ1n) is 16.7. The molecule has 1 aliphatic heterocycles. The van der Waals surface area contributed by atoms with Gasteiger partial charge in [0.1, 0.15) is 30.0 Å². The first-order chi connectivity index (χ1) is 23.5. The number of carboxylic acid groups (broad SMARTS) is 1. The van der Waals surface area contributed by atoms with Crippen LogP contribution in [-0.4, -0.2) is 79.7 Å². The Kier molecular flexibility index (Phi) is 11.0. The molecule has 48 heavy (non-hydrogen) atoms. The first-order valence-corrected chi connectivity index (χ1v) is 16.7. The lowest BCUT2D eigenvalue weighted by atomic mass is 10.1. The minimum absolute atomic E-state index is 0.375. The minimum Gasteiger partial charge on any atom is -0.490 e. The van der Waals surface area contributed by atoms with Crippen molar-refractivity contribution in [2.45, 2.75) is 51.5 Å². The number of aromatic nitrogens is 5. The molecule has 0 amide bonds. The molecule has 3 N–H and O–H groups in total. The molecule has 1 atom stereocenters. The van der Waals surface area contributed by atoms with Crippen LogP contribution in [0.4, 0.5) is 11.6 Å². The van der Waals surface area contributed by atoms with Gasteiger partial charge in [0.05, 0.1) is 11.2 Å². The van der Waals surface area contributed by atoms with Crippen LogP contribution >= 0.6 is 0 Å². The van der Waals surface area contributed by atoms with Crippen LogP contribution in [0.25, 0.3) is 22.3 Å². The fraction of sp³-hybridized carbons (Fsp3) is 0.351. The summed E-state index contributed by atoms with van der Waals surface area (Å²) in [6.07, 6.45) is 10.6. The average molecular weight is 647 g/mol. The van der Waals surface area contributed by atoms with Gasteiger partial charge < -0.3 is 20.5 Å². The maximum Gasteiger partial charge on any atom is 0.326 e. The number of pyridine rings is 3. The summed E-state index contributed by atoms with van der Waals surface area (Å²) in [7, 11) is 0. The second kappa shape index (κ2) is 16.1. The van der Waals surface area contributed by atoms with Gasteiger partial charge in [-0.05, 0) is 100 Å². The van der Waals surface area contributed by atoms with Crippen molar-refractivity contribution < 1.29 is 14.6 Å². The van der Waals surface area contributed by atoms with Gasteiger partial charge in [-0.2, -0.15) is 0 Å². The third kappa shape index (κ3) is 8.60. The molecule has 1 aromatic carbocycles. The molecule has 11 nitrogen and oxygen atoms in total. The van der Waals surface area contributed by atoms with E-state index in [1.165, 1.54) is 5.56 Å². The number of anilines is 2. The third-order valence-electron chi connectivity index (χ3n) is 8.60. The van der Waals surface area contributed by atoms with Crippen molar-refractivity contribution in [3.63, 3.8) is 0 Å². The summed E-state index contributed by atoms with van der Waals surface area (Å²) < 4.78 is 6.07. The zero-order valence-corrected chi connectivity index (χ0v) is 27.3. The van der Waals surface area contributed by atoms with Gasteiger partial charge >= 0.3 is 5.97 Å². The Morgan fingerprint density at radius 3 is 2.75 bits per heavy atom. The second-order valence-electron chi connectivity index (χ2n) is 12.1. The van der Waals surface area contributed by atoms with E-state index in [-0.39, 0.29) is 0 Å². The van der Waals surface area contributed by atoms with Crippen LogP contribution in [0.1, 0.15) is 42.6 Å². The maximum atomic E-state index is 12.6. The molecule has 248 valence electrons. The zero-order chi connectivity index (χ0) is 33.1. The van der Waals surface area contributed by atoms with Crippen molar-refractivity contribution in [1.29, 1.82) is 0 Å². The smallest absolute Gasteiger partial charge is 0.326 e. The van der Waals surface area contributed by atoms with Gasteiger partial charge in [0.15, 0.2) is 5.82 Å². The summed E-state index contributed by atoms with van der Waals surface area (Å²) in [6.45, 7) is 5.41. The number of carbonyl (C=O) groups is 1. The number of hydrogen-bond acceptors (Lipinski definition) is 10. The Bertz CT molecular complexity index is 1820. The number of hydrogen-bond donors (Lipinski definition) is 3. The SMILES string of the molecule is Cc1ncccc1OCCN(CCCCc1ccc2c(n1)NCCC2)CCC(Nc1nc(-c2cccnc2)nc2ccccc12)C(=O)O. The number of rotatable bonds is 16. The summed E-state index contributed by atoms with van der Waals surface area (Å²) in [5, 5.41) is 17.7. The van der Waals surface area contributed by atoms with Crippen LogP contribution in [0.15, 0.2) is 79.3 Å². The maximum absolute atomic E-state index is 12.6. The van der Waals surface area contributed by atoms with Crippen molar-refractivity contribution in [2.24, 2.45) is 0 Å². The van der Waals surface area contributed by atoms with Crippen LogP contribution in [0, 0.1) is 6.92 Å². The lowest BCUT2D eigenvalue weighted by molar-refractivity contribution is -0.138. The van der Waals surface area contributed by atoms with E-state index in [9.17, 15) is 9.90 Å². The number of fused-ring (bicyclic) bond motifs is 2. The Hall–Kier alpha value is -5.16. The molecular formula is C37H42N8O3. The van der Waals surface area contributed by atoms with Crippen LogP contribution in [0.3, 0.4) is 0 Å². The van der Waals surface area contributed by atoms with E-state index < -0.39 is 12.0 Å². The van der Waals surface area contributed by atoms with Gasteiger partial charge in [-0.1, -0.05) is 18.2 Å². The van der Waals surface area contributed by atoms with Crippen LogP contribution in [0.5, 0.6) is 5.75 Å². The molecule has 1 unspecified atom stereocenters. The van der Waals surface area contributed by atoms with E-state index in [0.29, 0.717) is 37.8 Å². The summed E-state index contributed by atoms with van der Waals surface area (Å²) in [5.74, 6) is 1.83. The molecule has 0 aliphatic carbocycles. The van der Waals surface area contributed by atoms with Crippen LogP contribution in [0.2, 0.25) is 0 Å². The monoisotopic (exact) mass is 646 g/mol. The lowest BCUT2D eigenvalue weighted by Crippen LogP contribution is -2.37. The molecule has 5 heterocycles. The topological polar surface area (TPSA) is 138 Å². The number of ether oxygens (including phenoxy) is 1. The number of aryl methyl sites for hydroxylation is 3. The highest BCUT2D eigenvalue weighted by Crippen LogP contribution is 2.26. The van der Waals surface area contributed by atoms with Crippen LogP contribution < -0.4 is 15.4 Å². The van der Waals surface area contributed by atoms with Gasteiger partial charge in [-0.25, -0.2) is 19.7 Å². The van der Waals surface area contributed by atoms with E-state index in [0.717, 1.165) is 84.6 Å². The van der Waals surface area contributed by atoms with Crippen molar-refractivity contribution in [2.75, 3.05) is 43.4 Å². The Labute approximate surface area is 280 Å². The normalized spacial score (nSPS) is 13.1. The van der Waals surface area contributed by atoms with Gasteiger partial charge in [0.25, 0.3) is 0 Å². The van der Waals surface area contributed by atoms with E-state index in [1.807, 2.05) is 55.5 Å². The fourth-order valence-corrected chi connectivity index (χ4v) is 5.94. The van der Waals surface area contributed by atoms with Crippen molar-refractivity contribution in [3.8, 4) is 17.1 Å². The number of benzene rings is 1. The summed E-state index contributed by atoms with van der Waals surface area (Å²) in [6, 6.07) is 18.6. The third-order valence-corrected chi connectivity index (χ3v) is 8.60. The zero-order valence-electron chi connectivity index (χ0n) is 27.3. The number of para-hydroxylation sites is 1. The van der Waals surface area contributed by atoms with E-state index in [4.69, 9.17) is 19.7 Å². The molecule has 0 radical (unpaired) electrons. The average Bonchev–Trinajstić information content (AvgIpc) is 3.12. The molecule has 11 heteroatoms. The molecular weight excluding hydrogens is 604 g/mol. The highest BCUT2D eigenvalue weighted by Gasteiger charge is 2.22. The lowest BCUT2D eigenvalue weighted by Gasteiger charge is -2.25. The van der Waals surface area contributed by atoms with E-state index >= 15 is 0 Å². The molecule has 4 aromatic heterocycles. The minimum atomic E-state index is -0.935. The van der Waals surface area contributed by atoms with E-state index in [1.54, 1.807) is 18.6 Å². The molecule has 0 fully saturated rings. The van der Waals surface area contributed by atoms with Gasteiger partial charge in [0.2, 0.25) is 0 Å². The Morgan fingerprint density at radius 1 is 1.00 bits per heavy atom. The fourth-order valence-electron chi connectivity index (χ4n) is 5.94. The predicted molar refractivity (Wildman–Crippen MR) is 187 cm³/mol. The molecule has 0 saturated heterocycles. The summed E-state index contributed by atoms with van der Waals surface area (Å²) >= 11 is 0. The number of unbranched alkanes of at least 4 members (excludes halogenated alkanes) is 1. The van der Waals surface area contributed by atoms with Gasteiger partial charge in [-0.3, -0.25) is 14.9 Å². The Balaban J connectivity index is 1.12. The number of aliphatic carboxylic acids is 1. The largest absolute Gasteiger partial charge is 0.490 e. The van der Waals surface area contributed by atoms with Crippen molar-refractivity contribution in [3.05, 3.63) is 96.2 Å². The number of nitrogens with one attached hydrogen (secondary N) is 2. The standard InChI is InChI=1S/C37H42N8O3/c1-26-33(14-8-19-39-26)48-24-23-45(21-5-4-11-29-16-15-27-9-7-20-40-34(27)41-29)22-17-32(37(46)47)43-36-30-12-2-3-13-31(30)42-35(44-36)28-10-6-18-38-25-28/h2-3,6,8,10,12-16,18-19,25,32H,4-5,7,9,11,17,20-24H2,1H3,(H,40,41)(H,46,47)(H,42,43,44). The van der Waals surface area contributed by atoms with Gasteiger partial charge in [-0.15, -0.1) is 0 Å². The van der Waals surface area contributed by atoms with Gasteiger partial charge in [0, 0.05) is 54.9 Å². The van der Waals surface area contributed by atoms with Crippen molar-refractivity contribution >= 4 is 28.5 Å². The molecule has 0 bridgehead atoms. The molecule has 0 spiro atoms. The molecule has 0 saturated carbocycles.